The number of pyridine rings is 1. The van der Waals surface area contributed by atoms with Crippen LogP contribution in [0.2, 0.25) is 0 Å². The second kappa shape index (κ2) is 9.79. The maximum absolute atomic E-state index is 12.7. The van der Waals surface area contributed by atoms with E-state index in [-0.39, 0.29) is 0 Å². The van der Waals surface area contributed by atoms with Crippen LogP contribution in [-0.4, -0.2) is 35.3 Å². The van der Waals surface area contributed by atoms with Crippen molar-refractivity contribution < 1.29 is 19.0 Å². The summed E-state index contributed by atoms with van der Waals surface area (Å²) in [6, 6.07) is 7.66. The molecule has 1 aliphatic rings. The Bertz CT molecular complexity index is 1090. The summed E-state index contributed by atoms with van der Waals surface area (Å²) in [5.41, 5.74) is 3.29. The zero-order chi connectivity index (χ0) is 23.4. The summed E-state index contributed by atoms with van der Waals surface area (Å²) in [4.78, 5) is 24.3. The molecular weight excluding hydrogens is 438 g/mol. The van der Waals surface area contributed by atoms with E-state index in [4.69, 9.17) is 14.2 Å². The number of aromatic nitrogens is 2. The molecule has 0 spiro atoms. The summed E-state index contributed by atoms with van der Waals surface area (Å²) in [6.45, 7) is 6.79. The van der Waals surface area contributed by atoms with E-state index in [0.29, 0.717) is 36.1 Å². The van der Waals surface area contributed by atoms with Gasteiger partial charge in [0.1, 0.15) is 5.60 Å². The van der Waals surface area contributed by atoms with Gasteiger partial charge >= 0.3 is 5.97 Å². The SMILES string of the molecule is COc1ccc(N(Cc2cncs2)c2cncc(C(=O)OC(C)(C)C)c2)cc1OCC1CC1. The molecule has 0 aliphatic heterocycles. The van der Waals surface area contributed by atoms with E-state index in [0.717, 1.165) is 16.3 Å². The second-order valence-electron chi connectivity index (χ2n) is 9.08. The summed E-state index contributed by atoms with van der Waals surface area (Å²) in [5.74, 6) is 1.62. The fourth-order valence-corrected chi connectivity index (χ4v) is 3.85. The summed E-state index contributed by atoms with van der Waals surface area (Å²) in [7, 11) is 1.64. The fraction of sp³-hybridized carbons (Fsp3) is 0.400. The first-order valence-electron chi connectivity index (χ1n) is 11.0. The van der Waals surface area contributed by atoms with Crippen molar-refractivity contribution in [1.29, 1.82) is 0 Å². The molecule has 0 amide bonds. The quantitative estimate of drug-likeness (QED) is 0.378. The van der Waals surface area contributed by atoms with Crippen LogP contribution in [0, 0.1) is 5.92 Å². The Morgan fingerprint density at radius 1 is 1.09 bits per heavy atom. The average Bonchev–Trinajstić information content (AvgIpc) is 3.48. The number of anilines is 2. The number of ether oxygens (including phenoxy) is 3. The van der Waals surface area contributed by atoms with Crippen LogP contribution in [-0.2, 0) is 11.3 Å². The van der Waals surface area contributed by atoms with Crippen molar-refractivity contribution in [3.63, 3.8) is 0 Å². The lowest BCUT2D eigenvalue weighted by Crippen LogP contribution is -2.24. The van der Waals surface area contributed by atoms with Gasteiger partial charge in [-0.15, -0.1) is 11.3 Å². The Morgan fingerprint density at radius 3 is 2.58 bits per heavy atom. The summed E-state index contributed by atoms with van der Waals surface area (Å²) < 4.78 is 17.1. The standard InChI is InChI=1S/C25H29N3O4S/c1-25(2,3)32-24(29)18-9-20(12-26-11-18)28(14-21-13-27-16-33-21)19-7-8-22(30-4)23(10-19)31-15-17-5-6-17/h7-13,16-17H,5-6,14-15H2,1-4H3. The molecule has 8 heteroatoms. The maximum Gasteiger partial charge on any atom is 0.340 e. The van der Waals surface area contributed by atoms with Crippen molar-refractivity contribution in [3.8, 4) is 11.5 Å². The number of benzene rings is 1. The largest absolute Gasteiger partial charge is 0.493 e. The van der Waals surface area contributed by atoms with Crippen LogP contribution < -0.4 is 14.4 Å². The molecule has 1 saturated carbocycles. The number of carbonyl (C=O) groups excluding carboxylic acids is 1. The molecule has 3 aromatic rings. The van der Waals surface area contributed by atoms with Crippen molar-refractivity contribution in [3.05, 3.63) is 58.8 Å². The molecule has 0 saturated heterocycles. The molecule has 1 aromatic carbocycles. The van der Waals surface area contributed by atoms with E-state index in [1.165, 1.54) is 19.0 Å². The molecule has 0 radical (unpaired) electrons. The minimum Gasteiger partial charge on any atom is -0.493 e. The van der Waals surface area contributed by atoms with Crippen molar-refractivity contribution in [2.24, 2.45) is 5.92 Å². The molecule has 2 heterocycles. The van der Waals surface area contributed by atoms with Gasteiger partial charge in [0, 0.05) is 29.0 Å². The van der Waals surface area contributed by atoms with E-state index < -0.39 is 11.6 Å². The molecule has 33 heavy (non-hydrogen) atoms. The number of hydrogen-bond acceptors (Lipinski definition) is 8. The van der Waals surface area contributed by atoms with E-state index >= 15 is 0 Å². The van der Waals surface area contributed by atoms with E-state index in [1.54, 1.807) is 36.2 Å². The second-order valence-corrected chi connectivity index (χ2v) is 10.0. The van der Waals surface area contributed by atoms with Crippen LogP contribution in [0.15, 0.2) is 48.4 Å². The number of rotatable bonds is 9. The van der Waals surface area contributed by atoms with E-state index in [9.17, 15) is 4.79 Å². The minimum atomic E-state index is -0.584. The Morgan fingerprint density at radius 2 is 1.91 bits per heavy atom. The van der Waals surface area contributed by atoms with Crippen molar-refractivity contribution in [2.75, 3.05) is 18.6 Å². The third kappa shape index (κ3) is 6.22. The highest BCUT2D eigenvalue weighted by Gasteiger charge is 2.24. The van der Waals surface area contributed by atoms with Crippen LogP contribution >= 0.6 is 11.3 Å². The zero-order valence-corrected chi connectivity index (χ0v) is 20.2. The highest BCUT2D eigenvalue weighted by Crippen LogP contribution is 2.38. The van der Waals surface area contributed by atoms with Crippen LogP contribution in [0.3, 0.4) is 0 Å². The number of hydrogen-bond donors (Lipinski definition) is 0. The monoisotopic (exact) mass is 467 g/mol. The van der Waals surface area contributed by atoms with Crippen molar-refractivity contribution >= 4 is 28.7 Å². The molecule has 174 valence electrons. The number of esters is 1. The molecule has 2 aromatic heterocycles. The molecule has 0 atom stereocenters. The highest BCUT2D eigenvalue weighted by atomic mass is 32.1. The molecule has 0 N–H and O–H groups in total. The van der Waals surface area contributed by atoms with Gasteiger partial charge in [-0.3, -0.25) is 9.97 Å². The first-order chi connectivity index (χ1) is 15.8. The Kier molecular flexibility index (Phi) is 6.83. The first-order valence-corrected chi connectivity index (χ1v) is 11.8. The van der Waals surface area contributed by atoms with Gasteiger partial charge in [0.2, 0.25) is 0 Å². The molecular formula is C25H29N3O4S. The maximum atomic E-state index is 12.7. The number of methoxy groups -OCH3 is 1. The lowest BCUT2D eigenvalue weighted by atomic mass is 10.1. The predicted molar refractivity (Wildman–Crippen MR) is 129 cm³/mol. The van der Waals surface area contributed by atoms with Gasteiger partial charge in [0.25, 0.3) is 0 Å². The van der Waals surface area contributed by atoms with Gasteiger partial charge in [-0.2, -0.15) is 0 Å². The molecule has 0 bridgehead atoms. The first kappa shape index (κ1) is 23.0. The van der Waals surface area contributed by atoms with Crippen LogP contribution in [0.25, 0.3) is 0 Å². The Hall–Kier alpha value is -3.13. The van der Waals surface area contributed by atoms with Gasteiger partial charge < -0.3 is 19.1 Å². The van der Waals surface area contributed by atoms with E-state index in [1.807, 2.05) is 45.2 Å². The van der Waals surface area contributed by atoms with Gasteiger partial charge in [0.05, 0.1) is 43.2 Å². The summed E-state index contributed by atoms with van der Waals surface area (Å²) >= 11 is 1.57. The van der Waals surface area contributed by atoms with Crippen molar-refractivity contribution in [1.82, 2.24) is 9.97 Å². The number of thiazole rings is 1. The lowest BCUT2D eigenvalue weighted by molar-refractivity contribution is 0.00691. The Balaban J connectivity index is 1.68. The average molecular weight is 468 g/mol. The smallest absolute Gasteiger partial charge is 0.340 e. The third-order valence-corrected chi connectivity index (χ3v) is 5.86. The molecule has 7 nitrogen and oxygen atoms in total. The van der Waals surface area contributed by atoms with Gasteiger partial charge in [-0.25, -0.2) is 4.79 Å². The van der Waals surface area contributed by atoms with Crippen LogP contribution in [0.5, 0.6) is 11.5 Å². The number of nitrogens with zero attached hydrogens (tertiary/aromatic N) is 3. The molecule has 0 unspecified atom stereocenters. The van der Waals surface area contributed by atoms with Gasteiger partial charge in [-0.05, 0) is 57.7 Å². The van der Waals surface area contributed by atoms with Gasteiger partial charge in [0.15, 0.2) is 11.5 Å². The summed E-state index contributed by atoms with van der Waals surface area (Å²) in [5, 5.41) is 0. The third-order valence-electron chi connectivity index (χ3n) is 5.10. The molecule has 4 rings (SSSR count). The normalized spacial score (nSPS) is 13.5. The van der Waals surface area contributed by atoms with Gasteiger partial charge in [-0.1, -0.05) is 0 Å². The van der Waals surface area contributed by atoms with E-state index in [2.05, 4.69) is 14.9 Å². The minimum absolute atomic E-state index is 0.399. The van der Waals surface area contributed by atoms with Crippen LogP contribution in [0.4, 0.5) is 11.4 Å². The lowest BCUT2D eigenvalue weighted by Gasteiger charge is -2.26. The number of carbonyl (C=O) groups is 1. The topological polar surface area (TPSA) is 73.8 Å². The van der Waals surface area contributed by atoms with Crippen molar-refractivity contribution in [2.45, 2.75) is 45.8 Å². The molecule has 1 fully saturated rings. The Labute approximate surface area is 198 Å². The fourth-order valence-electron chi connectivity index (χ4n) is 3.27. The highest BCUT2D eigenvalue weighted by molar-refractivity contribution is 7.09. The molecule has 1 aliphatic carbocycles. The predicted octanol–water partition coefficient (Wildman–Crippen LogP) is 5.63. The zero-order valence-electron chi connectivity index (χ0n) is 19.4. The summed E-state index contributed by atoms with van der Waals surface area (Å²) in [6.07, 6.45) is 7.53. The van der Waals surface area contributed by atoms with Crippen LogP contribution in [0.1, 0.15) is 48.8 Å².